The van der Waals surface area contributed by atoms with Crippen molar-refractivity contribution in [1.82, 2.24) is 5.32 Å². The maximum atomic E-state index is 12.4. The maximum Gasteiger partial charge on any atom is 0.261 e. The van der Waals surface area contributed by atoms with Crippen LogP contribution in [-0.4, -0.2) is 12.0 Å². The smallest absolute Gasteiger partial charge is 0.261 e. The number of benzene rings is 2. The molecule has 0 saturated heterocycles. The van der Waals surface area contributed by atoms with E-state index in [0.29, 0.717) is 5.75 Å². The van der Waals surface area contributed by atoms with E-state index in [9.17, 15) is 4.79 Å². The van der Waals surface area contributed by atoms with E-state index in [4.69, 9.17) is 4.74 Å². The lowest BCUT2D eigenvalue weighted by Crippen LogP contribution is -2.38. The van der Waals surface area contributed by atoms with Gasteiger partial charge in [-0.1, -0.05) is 41.5 Å². The second-order valence-corrected chi connectivity index (χ2v) is 6.16. The van der Waals surface area contributed by atoms with E-state index < -0.39 is 6.10 Å². The number of aryl methyl sites for hydroxylation is 3. The molecule has 0 aromatic heterocycles. The van der Waals surface area contributed by atoms with Gasteiger partial charge >= 0.3 is 0 Å². The predicted octanol–water partition coefficient (Wildman–Crippen LogP) is 4.26. The summed E-state index contributed by atoms with van der Waals surface area (Å²) in [7, 11) is 0. The average molecular weight is 311 g/mol. The Morgan fingerprint density at radius 1 is 0.957 bits per heavy atom. The fourth-order valence-electron chi connectivity index (χ4n) is 2.51. The molecule has 0 heterocycles. The molecule has 3 nitrogen and oxygen atoms in total. The summed E-state index contributed by atoms with van der Waals surface area (Å²) < 4.78 is 5.71. The van der Waals surface area contributed by atoms with Crippen molar-refractivity contribution in [1.29, 1.82) is 0 Å². The van der Waals surface area contributed by atoms with Crippen LogP contribution < -0.4 is 10.1 Å². The van der Waals surface area contributed by atoms with E-state index >= 15 is 0 Å². The van der Waals surface area contributed by atoms with Crippen LogP contribution >= 0.6 is 0 Å². The summed E-state index contributed by atoms with van der Waals surface area (Å²) in [6.07, 6.45) is -0.537. The Labute approximate surface area is 138 Å². The number of amides is 1. The molecule has 2 rings (SSSR count). The van der Waals surface area contributed by atoms with Crippen molar-refractivity contribution >= 4 is 5.91 Å². The van der Waals surface area contributed by atoms with E-state index in [1.54, 1.807) is 6.92 Å². The van der Waals surface area contributed by atoms with Crippen molar-refractivity contribution in [2.75, 3.05) is 0 Å². The monoisotopic (exact) mass is 311 g/mol. The molecule has 2 aromatic carbocycles. The first-order valence-corrected chi connectivity index (χ1v) is 7.97. The first-order valence-electron chi connectivity index (χ1n) is 7.97. The van der Waals surface area contributed by atoms with Crippen LogP contribution in [0.4, 0.5) is 0 Å². The molecule has 1 amide bonds. The van der Waals surface area contributed by atoms with Gasteiger partial charge in [-0.05, 0) is 57.9 Å². The Morgan fingerprint density at radius 3 is 2.22 bits per heavy atom. The summed E-state index contributed by atoms with van der Waals surface area (Å²) in [5.41, 5.74) is 4.67. The van der Waals surface area contributed by atoms with Gasteiger partial charge in [-0.2, -0.15) is 0 Å². The third-order valence-corrected chi connectivity index (χ3v) is 3.96. The molecule has 0 radical (unpaired) electrons. The molecule has 0 fully saturated rings. The van der Waals surface area contributed by atoms with E-state index in [-0.39, 0.29) is 11.9 Å². The topological polar surface area (TPSA) is 38.3 Å². The molecule has 0 bridgehead atoms. The van der Waals surface area contributed by atoms with Crippen molar-refractivity contribution in [2.45, 2.75) is 46.8 Å². The third-order valence-electron chi connectivity index (χ3n) is 3.96. The highest BCUT2D eigenvalue weighted by Crippen LogP contribution is 2.19. The minimum atomic E-state index is -0.537. The van der Waals surface area contributed by atoms with Crippen LogP contribution in [0.2, 0.25) is 0 Å². The van der Waals surface area contributed by atoms with Gasteiger partial charge in [0.15, 0.2) is 6.10 Å². The average Bonchev–Trinajstić information content (AvgIpc) is 2.51. The van der Waals surface area contributed by atoms with Gasteiger partial charge in [0.25, 0.3) is 5.91 Å². The van der Waals surface area contributed by atoms with E-state index in [2.05, 4.69) is 37.4 Å². The van der Waals surface area contributed by atoms with Crippen LogP contribution in [0.5, 0.6) is 5.75 Å². The van der Waals surface area contributed by atoms with Crippen LogP contribution in [0.3, 0.4) is 0 Å². The van der Waals surface area contributed by atoms with Gasteiger partial charge in [0, 0.05) is 0 Å². The van der Waals surface area contributed by atoms with Gasteiger partial charge in [0.1, 0.15) is 5.75 Å². The molecule has 0 aliphatic carbocycles. The molecule has 122 valence electrons. The number of hydrogen-bond acceptors (Lipinski definition) is 2. The highest BCUT2D eigenvalue weighted by Gasteiger charge is 2.18. The number of rotatable bonds is 5. The number of carbonyl (C=O) groups excluding carboxylic acids is 1. The molecule has 0 unspecified atom stereocenters. The maximum absolute atomic E-state index is 12.4. The largest absolute Gasteiger partial charge is 0.481 e. The summed E-state index contributed by atoms with van der Waals surface area (Å²) in [6.45, 7) is 9.90. The Morgan fingerprint density at radius 2 is 1.57 bits per heavy atom. The molecule has 0 aliphatic heterocycles. The highest BCUT2D eigenvalue weighted by molar-refractivity contribution is 5.81. The summed E-state index contributed by atoms with van der Waals surface area (Å²) in [5, 5.41) is 3.03. The van der Waals surface area contributed by atoms with Crippen molar-refractivity contribution in [2.24, 2.45) is 0 Å². The Bertz CT molecular complexity index is 677. The van der Waals surface area contributed by atoms with Gasteiger partial charge in [0.2, 0.25) is 0 Å². The molecule has 3 heteroatoms. The van der Waals surface area contributed by atoms with Crippen LogP contribution in [0.15, 0.2) is 42.5 Å². The lowest BCUT2D eigenvalue weighted by molar-refractivity contribution is -0.127. The van der Waals surface area contributed by atoms with Gasteiger partial charge in [-0.15, -0.1) is 0 Å². The second kappa shape index (κ2) is 7.32. The Hall–Kier alpha value is -2.29. The minimum Gasteiger partial charge on any atom is -0.481 e. The first kappa shape index (κ1) is 17.1. The molecule has 0 aliphatic rings. The van der Waals surface area contributed by atoms with Crippen LogP contribution in [0.1, 0.15) is 42.1 Å². The number of carbonyl (C=O) groups is 1. The van der Waals surface area contributed by atoms with Crippen LogP contribution in [-0.2, 0) is 4.79 Å². The van der Waals surface area contributed by atoms with Crippen molar-refractivity contribution in [3.8, 4) is 5.75 Å². The summed E-state index contributed by atoms with van der Waals surface area (Å²) in [4.78, 5) is 12.4. The summed E-state index contributed by atoms with van der Waals surface area (Å²) >= 11 is 0. The van der Waals surface area contributed by atoms with Crippen LogP contribution in [0, 0.1) is 20.8 Å². The Kier molecular flexibility index (Phi) is 5.43. The zero-order valence-electron chi connectivity index (χ0n) is 14.5. The zero-order chi connectivity index (χ0) is 17.0. The second-order valence-electron chi connectivity index (χ2n) is 6.16. The fourth-order valence-corrected chi connectivity index (χ4v) is 2.51. The molecule has 23 heavy (non-hydrogen) atoms. The van der Waals surface area contributed by atoms with Crippen LogP contribution in [0.25, 0.3) is 0 Å². The normalized spacial score (nSPS) is 13.3. The standard InChI is InChI=1S/C20H25NO2/c1-13-7-10-18(11-8-13)23-17(5)20(22)21-16(4)19-12-14(2)6-9-15(19)3/h6-12,16-17H,1-5H3,(H,21,22)/t16-,17-/m1/s1. The first-order chi connectivity index (χ1) is 10.9. The van der Waals surface area contributed by atoms with E-state index in [1.807, 2.05) is 38.1 Å². The quantitative estimate of drug-likeness (QED) is 0.896. The van der Waals surface area contributed by atoms with Crippen molar-refractivity contribution < 1.29 is 9.53 Å². The molecule has 2 atom stereocenters. The van der Waals surface area contributed by atoms with Crippen molar-refractivity contribution in [3.63, 3.8) is 0 Å². The Balaban J connectivity index is 2.00. The number of hydrogen-bond donors (Lipinski definition) is 1. The summed E-state index contributed by atoms with van der Waals surface area (Å²) in [6, 6.07) is 13.9. The van der Waals surface area contributed by atoms with Gasteiger partial charge in [-0.25, -0.2) is 0 Å². The molecular formula is C20H25NO2. The summed E-state index contributed by atoms with van der Waals surface area (Å²) in [5.74, 6) is 0.594. The lowest BCUT2D eigenvalue weighted by atomic mass is 10.00. The van der Waals surface area contributed by atoms with Crippen molar-refractivity contribution in [3.05, 3.63) is 64.7 Å². The zero-order valence-corrected chi connectivity index (χ0v) is 14.5. The number of ether oxygens (including phenoxy) is 1. The van der Waals surface area contributed by atoms with Gasteiger partial charge in [0.05, 0.1) is 6.04 Å². The SMILES string of the molecule is Cc1ccc(O[C@H](C)C(=O)N[C@H](C)c2cc(C)ccc2C)cc1. The molecular weight excluding hydrogens is 286 g/mol. The lowest BCUT2D eigenvalue weighted by Gasteiger charge is -2.20. The number of nitrogens with one attached hydrogen (secondary N) is 1. The van der Waals surface area contributed by atoms with Gasteiger partial charge < -0.3 is 10.1 Å². The molecule has 2 aromatic rings. The molecule has 1 N–H and O–H groups in total. The molecule has 0 saturated carbocycles. The third kappa shape index (κ3) is 4.59. The van der Waals surface area contributed by atoms with Gasteiger partial charge in [-0.3, -0.25) is 4.79 Å². The highest BCUT2D eigenvalue weighted by atomic mass is 16.5. The predicted molar refractivity (Wildman–Crippen MR) is 93.7 cm³/mol. The molecule has 0 spiro atoms. The fraction of sp³-hybridized carbons (Fsp3) is 0.350. The van der Waals surface area contributed by atoms with E-state index in [0.717, 1.165) is 11.1 Å². The van der Waals surface area contributed by atoms with E-state index in [1.165, 1.54) is 11.1 Å². The minimum absolute atomic E-state index is 0.0496.